The fourth-order valence-electron chi connectivity index (χ4n) is 1.68. The quantitative estimate of drug-likeness (QED) is 0.558. The van der Waals surface area contributed by atoms with Gasteiger partial charge in [0.05, 0.1) is 5.75 Å². The highest BCUT2D eigenvalue weighted by Crippen LogP contribution is 2.22. The second-order valence-electron chi connectivity index (χ2n) is 5.91. The van der Waals surface area contributed by atoms with Crippen LogP contribution in [-0.2, 0) is 5.75 Å². The molecule has 0 radical (unpaired) electrons. The molecule has 0 amide bonds. The predicted molar refractivity (Wildman–Crippen MR) is 86.3 cm³/mol. The van der Waals surface area contributed by atoms with Crippen LogP contribution in [0.4, 0.5) is 0 Å². The standard InChI is InChI=1S/C15H21NOSSi/c1-19(2,3)10-9-18-12-14-11-15(16-17-14)13-7-5-4-6-8-13/h4-8,11H,9-10,12H2,1-3H3. The molecule has 2 nitrogen and oxygen atoms in total. The highest BCUT2D eigenvalue weighted by molar-refractivity contribution is 7.98. The SMILES string of the molecule is C[Si](C)(C)CCSCc1cc(-c2ccccc2)no1. The Kier molecular flexibility index (Phi) is 4.88. The maximum Gasteiger partial charge on any atom is 0.147 e. The second-order valence-corrected chi connectivity index (χ2v) is 12.6. The van der Waals surface area contributed by atoms with Crippen LogP contribution in [0.15, 0.2) is 40.9 Å². The first-order valence-electron chi connectivity index (χ1n) is 6.63. The predicted octanol–water partition coefficient (Wildman–Crippen LogP) is 4.91. The van der Waals surface area contributed by atoms with Gasteiger partial charge in [0.25, 0.3) is 0 Å². The van der Waals surface area contributed by atoms with Gasteiger partial charge in [-0.3, -0.25) is 0 Å². The lowest BCUT2D eigenvalue weighted by Gasteiger charge is -2.14. The molecule has 2 aromatic rings. The monoisotopic (exact) mass is 291 g/mol. The van der Waals surface area contributed by atoms with Crippen molar-refractivity contribution in [2.24, 2.45) is 0 Å². The summed E-state index contributed by atoms with van der Waals surface area (Å²) in [5, 5.41) is 4.13. The largest absolute Gasteiger partial charge is 0.360 e. The van der Waals surface area contributed by atoms with Crippen LogP contribution >= 0.6 is 11.8 Å². The van der Waals surface area contributed by atoms with E-state index < -0.39 is 8.07 Å². The first kappa shape index (κ1) is 14.4. The minimum absolute atomic E-state index is 0.910. The van der Waals surface area contributed by atoms with Crippen LogP contribution in [0.5, 0.6) is 0 Å². The Morgan fingerprint density at radius 2 is 1.89 bits per heavy atom. The molecule has 0 fully saturated rings. The lowest BCUT2D eigenvalue weighted by Crippen LogP contribution is -2.19. The molecular formula is C15H21NOSSi. The highest BCUT2D eigenvalue weighted by Gasteiger charge is 2.12. The minimum Gasteiger partial charge on any atom is -0.360 e. The van der Waals surface area contributed by atoms with Gasteiger partial charge in [-0.1, -0.05) is 55.1 Å². The minimum atomic E-state index is -0.910. The number of hydrogen-bond acceptors (Lipinski definition) is 3. The van der Waals surface area contributed by atoms with E-state index in [-0.39, 0.29) is 0 Å². The van der Waals surface area contributed by atoms with Crippen molar-refractivity contribution in [1.82, 2.24) is 5.16 Å². The molecular weight excluding hydrogens is 270 g/mol. The summed E-state index contributed by atoms with van der Waals surface area (Å²) in [5.41, 5.74) is 2.05. The third-order valence-corrected chi connectivity index (χ3v) is 5.96. The van der Waals surface area contributed by atoms with Gasteiger partial charge in [0, 0.05) is 19.7 Å². The summed E-state index contributed by atoms with van der Waals surface area (Å²) in [6.45, 7) is 7.24. The van der Waals surface area contributed by atoms with E-state index in [0.29, 0.717) is 0 Å². The Bertz CT molecular complexity index is 504. The molecule has 0 unspecified atom stereocenters. The van der Waals surface area contributed by atoms with Crippen molar-refractivity contribution in [3.05, 3.63) is 42.2 Å². The van der Waals surface area contributed by atoms with Crippen LogP contribution in [0.3, 0.4) is 0 Å². The van der Waals surface area contributed by atoms with Gasteiger partial charge in [0.2, 0.25) is 0 Å². The molecule has 0 aliphatic carbocycles. The van der Waals surface area contributed by atoms with Crippen LogP contribution < -0.4 is 0 Å². The van der Waals surface area contributed by atoms with Gasteiger partial charge in [-0.2, -0.15) is 11.8 Å². The van der Waals surface area contributed by atoms with E-state index in [1.54, 1.807) is 0 Å². The number of thioether (sulfide) groups is 1. The average Bonchev–Trinajstić information content (AvgIpc) is 2.83. The van der Waals surface area contributed by atoms with E-state index in [0.717, 1.165) is 22.8 Å². The Balaban J connectivity index is 1.85. The molecule has 0 atom stereocenters. The van der Waals surface area contributed by atoms with Gasteiger partial charge in [0.15, 0.2) is 0 Å². The summed E-state index contributed by atoms with van der Waals surface area (Å²) in [6.07, 6.45) is 0. The van der Waals surface area contributed by atoms with Gasteiger partial charge in [0.1, 0.15) is 11.5 Å². The molecule has 0 spiro atoms. The van der Waals surface area contributed by atoms with E-state index in [2.05, 4.69) is 43.0 Å². The molecule has 102 valence electrons. The Morgan fingerprint density at radius 1 is 1.16 bits per heavy atom. The smallest absolute Gasteiger partial charge is 0.147 e. The molecule has 0 bridgehead atoms. The molecule has 1 aromatic heterocycles. The normalized spacial score (nSPS) is 11.7. The molecule has 19 heavy (non-hydrogen) atoms. The van der Waals surface area contributed by atoms with Crippen LogP contribution in [-0.4, -0.2) is 19.0 Å². The lowest BCUT2D eigenvalue weighted by molar-refractivity contribution is 0.397. The van der Waals surface area contributed by atoms with Crippen LogP contribution in [0.1, 0.15) is 5.76 Å². The topological polar surface area (TPSA) is 26.0 Å². The van der Waals surface area contributed by atoms with Crippen LogP contribution in [0, 0.1) is 0 Å². The molecule has 0 aliphatic heterocycles. The molecule has 0 saturated heterocycles. The molecule has 1 aromatic carbocycles. The van der Waals surface area contributed by atoms with E-state index in [9.17, 15) is 0 Å². The van der Waals surface area contributed by atoms with E-state index >= 15 is 0 Å². The van der Waals surface area contributed by atoms with E-state index in [1.807, 2.05) is 30.0 Å². The fourth-order valence-corrected chi connectivity index (χ4v) is 5.19. The van der Waals surface area contributed by atoms with Crippen molar-refractivity contribution in [2.75, 3.05) is 5.75 Å². The van der Waals surface area contributed by atoms with Crippen molar-refractivity contribution in [2.45, 2.75) is 31.4 Å². The van der Waals surface area contributed by atoms with Crippen LogP contribution in [0.25, 0.3) is 11.3 Å². The van der Waals surface area contributed by atoms with Gasteiger partial charge >= 0.3 is 0 Å². The highest BCUT2D eigenvalue weighted by atomic mass is 32.2. The third kappa shape index (κ3) is 4.88. The molecule has 2 rings (SSSR count). The number of hydrogen-bond donors (Lipinski definition) is 0. The van der Waals surface area contributed by atoms with E-state index in [1.165, 1.54) is 11.8 Å². The number of rotatable bonds is 6. The molecule has 1 heterocycles. The van der Waals surface area contributed by atoms with E-state index in [4.69, 9.17) is 4.52 Å². The van der Waals surface area contributed by atoms with Crippen LogP contribution in [0.2, 0.25) is 25.7 Å². The molecule has 0 saturated carbocycles. The van der Waals surface area contributed by atoms with Crippen molar-refractivity contribution in [3.63, 3.8) is 0 Å². The number of aromatic nitrogens is 1. The molecule has 0 N–H and O–H groups in total. The second kappa shape index (κ2) is 6.44. The molecule has 4 heteroatoms. The first-order valence-corrected chi connectivity index (χ1v) is 11.5. The summed E-state index contributed by atoms with van der Waals surface area (Å²) in [4.78, 5) is 0. The van der Waals surface area contributed by atoms with Gasteiger partial charge in [-0.25, -0.2) is 0 Å². The summed E-state index contributed by atoms with van der Waals surface area (Å²) in [5.74, 6) is 3.11. The van der Waals surface area contributed by atoms with Crippen molar-refractivity contribution < 1.29 is 4.52 Å². The van der Waals surface area contributed by atoms with Gasteiger partial charge in [-0.15, -0.1) is 0 Å². The Hall–Kier alpha value is -1.00. The Morgan fingerprint density at radius 3 is 2.58 bits per heavy atom. The first-order chi connectivity index (χ1) is 9.04. The zero-order valence-electron chi connectivity index (χ0n) is 11.8. The molecule has 0 aliphatic rings. The summed E-state index contributed by atoms with van der Waals surface area (Å²) >= 11 is 1.94. The average molecular weight is 291 g/mol. The fraction of sp³-hybridized carbons (Fsp3) is 0.400. The third-order valence-electron chi connectivity index (χ3n) is 2.87. The van der Waals surface area contributed by atoms with Crippen molar-refractivity contribution in [3.8, 4) is 11.3 Å². The summed E-state index contributed by atoms with van der Waals surface area (Å²) in [7, 11) is -0.910. The maximum atomic E-state index is 5.39. The van der Waals surface area contributed by atoms with Crippen molar-refractivity contribution >= 4 is 19.8 Å². The number of nitrogens with zero attached hydrogens (tertiary/aromatic N) is 1. The van der Waals surface area contributed by atoms with Crippen molar-refractivity contribution in [1.29, 1.82) is 0 Å². The van der Waals surface area contributed by atoms with Gasteiger partial charge < -0.3 is 4.52 Å². The summed E-state index contributed by atoms with van der Waals surface area (Å²) < 4.78 is 5.39. The Labute approximate surface area is 120 Å². The maximum absolute atomic E-state index is 5.39. The zero-order chi connectivity index (χ0) is 13.7. The van der Waals surface area contributed by atoms with Gasteiger partial charge in [-0.05, 0) is 11.8 Å². The zero-order valence-corrected chi connectivity index (χ0v) is 13.7. The summed E-state index contributed by atoms with van der Waals surface area (Å²) in [6, 6.07) is 13.6. The number of benzene rings is 1. The lowest BCUT2D eigenvalue weighted by atomic mass is 10.1.